The van der Waals surface area contributed by atoms with Crippen molar-refractivity contribution in [2.75, 3.05) is 6.61 Å². The summed E-state index contributed by atoms with van der Waals surface area (Å²) in [6, 6.07) is 4.78. The minimum absolute atomic E-state index is 0.180. The largest absolute Gasteiger partial charge is 0.453 e. The van der Waals surface area contributed by atoms with E-state index in [1.165, 1.54) is 12.5 Å². The van der Waals surface area contributed by atoms with E-state index in [2.05, 4.69) is 4.74 Å². The Bertz CT molecular complexity index is 345. The molecule has 1 aromatic rings. The third-order valence-electron chi connectivity index (χ3n) is 1.73. The Kier molecular flexibility index (Phi) is 3.85. The fourth-order valence-electron chi connectivity index (χ4n) is 1.04. The summed E-state index contributed by atoms with van der Waals surface area (Å²) >= 11 is 0. The maximum absolute atomic E-state index is 12.8. The van der Waals surface area contributed by atoms with Crippen molar-refractivity contribution in [1.29, 1.82) is 0 Å². The summed E-state index contributed by atoms with van der Waals surface area (Å²) in [4.78, 5) is 9.68. The van der Waals surface area contributed by atoms with Crippen molar-refractivity contribution in [3.05, 3.63) is 41.2 Å². The third-order valence-corrected chi connectivity index (χ3v) is 1.73. The fourth-order valence-corrected chi connectivity index (χ4v) is 1.04. The summed E-state index contributed by atoms with van der Waals surface area (Å²) < 4.78 is 17.2. The fraction of sp³-hybridized carbons (Fsp3) is 0.182. The first-order chi connectivity index (χ1) is 6.74. The topological polar surface area (TPSA) is 26.3 Å². The Hall–Kier alpha value is -1.64. The lowest BCUT2D eigenvalue weighted by atomic mass is 10.1. The Morgan fingerprint density at radius 1 is 1.57 bits per heavy atom. The molecule has 0 saturated carbocycles. The van der Waals surface area contributed by atoms with Gasteiger partial charge in [0.15, 0.2) is 0 Å². The van der Waals surface area contributed by atoms with Crippen LogP contribution in [0, 0.1) is 12.7 Å². The van der Waals surface area contributed by atoms with Crippen LogP contribution in [0.25, 0.3) is 6.08 Å². The zero-order chi connectivity index (χ0) is 10.4. The summed E-state index contributed by atoms with van der Waals surface area (Å²) in [7, 11) is 0. The molecule has 0 aromatic heterocycles. The van der Waals surface area contributed by atoms with Crippen LogP contribution in [0.3, 0.4) is 0 Å². The van der Waals surface area contributed by atoms with E-state index in [0.717, 1.165) is 5.56 Å². The number of benzene rings is 1. The first-order valence-corrected chi connectivity index (χ1v) is 4.15. The molecular weight excluding hydrogens is 183 g/mol. The number of carbonyl (C=O) groups excluding carboxylic acids is 1. The highest BCUT2D eigenvalue weighted by Gasteiger charge is 1.95. The van der Waals surface area contributed by atoms with Crippen LogP contribution in [0.2, 0.25) is 0 Å². The van der Waals surface area contributed by atoms with Gasteiger partial charge in [-0.3, -0.25) is 0 Å². The van der Waals surface area contributed by atoms with Crippen LogP contribution in [0.15, 0.2) is 24.3 Å². The molecule has 2 nitrogen and oxygen atoms in total. The minimum atomic E-state index is -0.223. The number of hydrogen-bond acceptors (Lipinski definition) is 2. The number of aryl methyl sites for hydroxylation is 1. The van der Waals surface area contributed by atoms with E-state index in [4.69, 9.17) is 0 Å². The molecule has 0 N–H and O–H groups in total. The third kappa shape index (κ3) is 3.01. The minimum Gasteiger partial charge on any atom is -0.453 e. The van der Waals surface area contributed by atoms with E-state index in [9.17, 15) is 9.18 Å². The van der Waals surface area contributed by atoms with Crippen molar-refractivity contribution in [1.82, 2.24) is 0 Å². The van der Waals surface area contributed by atoms with Crippen molar-refractivity contribution < 1.29 is 13.9 Å². The van der Waals surface area contributed by atoms with E-state index in [1.807, 2.05) is 0 Å². The Labute approximate surface area is 82.0 Å². The second kappa shape index (κ2) is 5.17. The SMILES string of the molecule is Cc1cc(/C=C/CO[C]=O)ccc1F. The molecular formula is C11H10FO2. The molecule has 0 saturated heterocycles. The quantitative estimate of drug-likeness (QED) is 0.685. The van der Waals surface area contributed by atoms with Crippen LogP contribution in [-0.2, 0) is 9.53 Å². The molecule has 0 aliphatic heterocycles. The monoisotopic (exact) mass is 193 g/mol. The van der Waals surface area contributed by atoms with E-state index < -0.39 is 0 Å². The van der Waals surface area contributed by atoms with Gasteiger partial charge in [-0.05, 0) is 36.3 Å². The van der Waals surface area contributed by atoms with Gasteiger partial charge in [-0.15, -0.1) is 0 Å². The molecule has 1 radical (unpaired) electrons. The van der Waals surface area contributed by atoms with Crippen molar-refractivity contribution in [3.63, 3.8) is 0 Å². The number of halogens is 1. The van der Waals surface area contributed by atoms with Crippen LogP contribution in [0.1, 0.15) is 11.1 Å². The Balaban J connectivity index is 2.63. The highest BCUT2D eigenvalue weighted by atomic mass is 19.1. The molecule has 1 rings (SSSR count). The molecule has 0 spiro atoms. The molecule has 0 atom stereocenters. The van der Waals surface area contributed by atoms with Crippen LogP contribution in [0.5, 0.6) is 0 Å². The number of hydrogen-bond donors (Lipinski definition) is 0. The zero-order valence-electron chi connectivity index (χ0n) is 7.79. The van der Waals surface area contributed by atoms with Gasteiger partial charge in [-0.25, -0.2) is 9.18 Å². The van der Waals surface area contributed by atoms with Crippen LogP contribution < -0.4 is 0 Å². The molecule has 3 heteroatoms. The van der Waals surface area contributed by atoms with E-state index in [1.54, 1.807) is 31.2 Å². The van der Waals surface area contributed by atoms with Crippen molar-refractivity contribution >= 4 is 12.5 Å². The highest BCUT2D eigenvalue weighted by molar-refractivity contribution is 5.50. The van der Waals surface area contributed by atoms with Gasteiger partial charge >= 0.3 is 6.47 Å². The molecule has 0 heterocycles. The molecule has 0 aliphatic carbocycles. The zero-order valence-corrected chi connectivity index (χ0v) is 7.79. The molecule has 0 bridgehead atoms. The lowest BCUT2D eigenvalue weighted by molar-refractivity contribution is 0.314. The molecule has 0 fully saturated rings. The molecule has 0 aliphatic rings. The summed E-state index contributed by atoms with van der Waals surface area (Å²) in [6.45, 7) is 3.19. The predicted molar refractivity (Wildman–Crippen MR) is 51.8 cm³/mol. The molecule has 0 amide bonds. The normalized spacial score (nSPS) is 10.4. The highest BCUT2D eigenvalue weighted by Crippen LogP contribution is 2.10. The molecule has 0 unspecified atom stereocenters. The summed E-state index contributed by atoms with van der Waals surface area (Å²) in [5.74, 6) is -0.223. The second-order valence-corrected chi connectivity index (χ2v) is 2.81. The van der Waals surface area contributed by atoms with E-state index >= 15 is 0 Å². The van der Waals surface area contributed by atoms with Crippen molar-refractivity contribution in [2.24, 2.45) is 0 Å². The average Bonchev–Trinajstić information content (AvgIpc) is 2.18. The van der Waals surface area contributed by atoms with E-state index in [-0.39, 0.29) is 12.4 Å². The van der Waals surface area contributed by atoms with E-state index in [0.29, 0.717) is 5.56 Å². The van der Waals surface area contributed by atoms with Crippen LogP contribution in [0.4, 0.5) is 4.39 Å². The van der Waals surface area contributed by atoms with Gasteiger partial charge in [0.2, 0.25) is 0 Å². The van der Waals surface area contributed by atoms with Gasteiger partial charge in [-0.2, -0.15) is 0 Å². The maximum Gasteiger partial charge on any atom is 0.417 e. The smallest absolute Gasteiger partial charge is 0.417 e. The number of ether oxygens (including phenoxy) is 1. The van der Waals surface area contributed by atoms with Gasteiger partial charge in [0.05, 0.1) is 0 Å². The predicted octanol–water partition coefficient (Wildman–Crippen LogP) is 2.23. The summed E-state index contributed by atoms with van der Waals surface area (Å²) in [5.41, 5.74) is 1.47. The second-order valence-electron chi connectivity index (χ2n) is 2.81. The lowest BCUT2D eigenvalue weighted by Crippen LogP contribution is -1.86. The first kappa shape index (κ1) is 10.4. The van der Waals surface area contributed by atoms with Crippen LogP contribution in [-0.4, -0.2) is 13.1 Å². The van der Waals surface area contributed by atoms with Gasteiger partial charge in [-0.1, -0.05) is 12.1 Å². The molecule has 1 aromatic carbocycles. The maximum atomic E-state index is 12.8. The number of rotatable bonds is 4. The summed E-state index contributed by atoms with van der Waals surface area (Å²) in [5, 5.41) is 0. The summed E-state index contributed by atoms with van der Waals surface area (Å²) in [6.07, 6.45) is 3.42. The van der Waals surface area contributed by atoms with Crippen LogP contribution >= 0.6 is 0 Å². The lowest BCUT2D eigenvalue weighted by Gasteiger charge is -1.97. The van der Waals surface area contributed by atoms with Crippen molar-refractivity contribution in [3.8, 4) is 0 Å². The standard InChI is InChI=1S/C11H10FO2/c1-9-7-10(4-5-11(9)12)3-2-6-14-8-13/h2-5,7H,6H2,1H3/b3-2+. The van der Waals surface area contributed by atoms with Gasteiger partial charge in [0, 0.05) is 0 Å². The Morgan fingerprint density at radius 3 is 3.00 bits per heavy atom. The first-order valence-electron chi connectivity index (χ1n) is 4.15. The van der Waals surface area contributed by atoms with Gasteiger partial charge in [0.1, 0.15) is 12.4 Å². The molecule has 14 heavy (non-hydrogen) atoms. The molecule has 73 valence electrons. The Morgan fingerprint density at radius 2 is 2.36 bits per heavy atom. The average molecular weight is 193 g/mol. The van der Waals surface area contributed by atoms with Gasteiger partial charge < -0.3 is 4.74 Å². The van der Waals surface area contributed by atoms with Gasteiger partial charge in [0.25, 0.3) is 0 Å². The van der Waals surface area contributed by atoms with Crippen molar-refractivity contribution in [2.45, 2.75) is 6.92 Å².